The Morgan fingerprint density at radius 1 is 1.08 bits per heavy atom. The molecule has 2 atom stereocenters. The van der Waals surface area contributed by atoms with Gasteiger partial charge in [-0.05, 0) is 31.0 Å². The van der Waals surface area contributed by atoms with Gasteiger partial charge < -0.3 is 15.3 Å². The van der Waals surface area contributed by atoms with Crippen LogP contribution in [0.1, 0.15) is 37.7 Å². The number of aliphatic hydroxyl groups is 1. The SMILES string of the molecule is CCc1cnc(N2CC(C)C(O)(c3cnc4c(Nc5ccc(S(C)(=O)=O)nc5C)nccn34)C(C)C2)nc1. The Hall–Kier alpha value is -3.64. The number of nitrogens with one attached hydrogen (secondary N) is 1. The van der Waals surface area contributed by atoms with E-state index in [0.717, 1.165) is 18.2 Å². The molecule has 1 saturated heterocycles. The zero-order valence-corrected chi connectivity index (χ0v) is 22.9. The summed E-state index contributed by atoms with van der Waals surface area (Å²) in [6, 6.07) is 3.12. The molecule has 1 aliphatic heterocycles. The van der Waals surface area contributed by atoms with Crippen LogP contribution in [0.2, 0.25) is 0 Å². The van der Waals surface area contributed by atoms with E-state index in [9.17, 15) is 13.5 Å². The number of aromatic nitrogens is 6. The molecule has 5 rings (SSSR count). The first-order valence-electron chi connectivity index (χ1n) is 12.6. The summed E-state index contributed by atoms with van der Waals surface area (Å²) in [5.41, 5.74) is 2.30. The van der Waals surface area contributed by atoms with Crippen LogP contribution in [0.15, 0.2) is 48.1 Å². The zero-order valence-electron chi connectivity index (χ0n) is 22.1. The summed E-state index contributed by atoms with van der Waals surface area (Å²) in [4.78, 5) is 24.5. The molecule has 4 aromatic rings. The van der Waals surface area contributed by atoms with Crippen molar-refractivity contribution in [2.45, 2.75) is 44.7 Å². The van der Waals surface area contributed by atoms with Crippen LogP contribution in [0.5, 0.6) is 0 Å². The van der Waals surface area contributed by atoms with Crippen molar-refractivity contribution in [3.8, 4) is 0 Å². The van der Waals surface area contributed by atoms with E-state index in [2.05, 4.69) is 42.1 Å². The standard InChI is InChI=1S/C26H32N8O3S/c1-6-19-11-29-25(30-12-19)33-14-16(2)26(35,17(3)15-33)21-13-28-24-23(27-9-10-34(21)24)32-20-7-8-22(31-18(20)4)38(5,36)37/h7-13,16-17,35H,6,14-15H2,1-5H3,(H,27,32). The predicted octanol–water partition coefficient (Wildman–Crippen LogP) is 2.91. The minimum absolute atomic E-state index is 0.0121. The number of nitrogens with zero attached hydrogens (tertiary/aromatic N) is 7. The zero-order chi connectivity index (χ0) is 27.2. The van der Waals surface area contributed by atoms with Crippen molar-refractivity contribution in [3.05, 3.63) is 60.1 Å². The van der Waals surface area contributed by atoms with Crippen molar-refractivity contribution in [1.29, 1.82) is 0 Å². The lowest BCUT2D eigenvalue weighted by molar-refractivity contribution is -0.0781. The summed E-state index contributed by atoms with van der Waals surface area (Å²) in [5, 5.41) is 15.3. The van der Waals surface area contributed by atoms with Gasteiger partial charge in [0, 0.05) is 56.0 Å². The lowest BCUT2D eigenvalue weighted by Gasteiger charge is -2.47. The molecule has 2 unspecified atom stereocenters. The fraction of sp³-hybridized carbons (Fsp3) is 0.423. The quantitative estimate of drug-likeness (QED) is 0.378. The van der Waals surface area contributed by atoms with Gasteiger partial charge >= 0.3 is 0 Å². The average Bonchev–Trinajstić information content (AvgIpc) is 3.33. The molecule has 0 radical (unpaired) electrons. The van der Waals surface area contributed by atoms with E-state index in [1.165, 1.54) is 6.07 Å². The summed E-state index contributed by atoms with van der Waals surface area (Å²) < 4.78 is 25.6. The second kappa shape index (κ2) is 9.59. The molecule has 1 aliphatic rings. The van der Waals surface area contributed by atoms with Gasteiger partial charge in [0.2, 0.25) is 5.95 Å². The fourth-order valence-corrected chi connectivity index (χ4v) is 5.79. The summed E-state index contributed by atoms with van der Waals surface area (Å²) in [5.74, 6) is 0.865. The van der Waals surface area contributed by atoms with Crippen molar-refractivity contribution < 1.29 is 13.5 Å². The molecule has 0 bridgehead atoms. The third-order valence-electron chi connectivity index (χ3n) is 7.41. The van der Waals surface area contributed by atoms with Crippen LogP contribution in [0.25, 0.3) is 5.65 Å². The van der Waals surface area contributed by atoms with Crippen molar-refractivity contribution in [2.75, 3.05) is 29.6 Å². The highest BCUT2D eigenvalue weighted by atomic mass is 32.2. The second-order valence-electron chi connectivity index (χ2n) is 10.1. The van der Waals surface area contributed by atoms with Crippen molar-refractivity contribution in [3.63, 3.8) is 0 Å². The van der Waals surface area contributed by atoms with Gasteiger partial charge in [0.25, 0.3) is 0 Å². The minimum atomic E-state index is -3.41. The highest BCUT2D eigenvalue weighted by Crippen LogP contribution is 2.42. The average molecular weight is 537 g/mol. The highest BCUT2D eigenvalue weighted by Gasteiger charge is 2.48. The van der Waals surface area contributed by atoms with E-state index < -0.39 is 15.4 Å². The first kappa shape index (κ1) is 26.0. The van der Waals surface area contributed by atoms with E-state index in [-0.39, 0.29) is 16.9 Å². The van der Waals surface area contributed by atoms with E-state index in [0.29, 0.717) is 47.6 Å². The summed E-state index contributed by atoms with van der Waals surface area (Å²) >= 11 is 0. The molecule has 200 valence electrons. The number of fused-ring (bicyclic) bond motifs is 1. The van der Waals surface area contributed by atoms with Crippen LogP contribution in [0.4, 0.5) is 17.5 Å². The first-order chi connectivity index (χ1) is 18.0. The van der Waals surface area contributed by atoms with E-state index in [1.54, 1.807) is 31.6 Å². The van der Waals surface area contributed by atoms with Gasteiger partial charge in [-0.15, -0.1) is 0 Å². The summed E-state index contributed by atoms with van der Waals surface area (Å²) in [7, 11) is -3.41. The lowest BCUT2D eigenvalue weighted by atomic mass is 9.73. The number of sulfone groups is 1. The van der Waals surface area contributed by atoms with Crippen LogP contribution < -0.4 is 10.2 Å². The van der Waals surface area contributed by atoms with E-state index in [1.807, 2.05) is 30.6 Å². The number of hydrogen-bond donors (Lipinski definition) is 2. The molecule has 0 aromatic carbocycles. The number of imidazole rings is 1. The first-order valence-corrected chi connectivity index (χ1v) is 14.5. The highest BCUT2D eigenvalue weighted by molar-refractivity contribution is 7.90. The molecule has 0 spiro atoms. The van der Waals surface area contributed by atoms with Gasteiger partial charge in [0.1, 0.15) is 5.60 Å². The Balaban J connectivity index is 1.45. The lowest BCUT2D eigenvalue weighted by Crippen LogP contribution is -2.55. The Labute approximate surface area is 221 Å². The van der Waals surface area contributed by atoms with Crippen molar-refractivity contribution in [1.82, 2.24) is 29.3 Å². The van der Waals surface area contributed by atoms with Gasteiger partial charge in [-0.1, -0.05) is 20.8 Å². The Kier molecular flexibility index (Phi) is 6.56. The maximum Gasteiger partial charge on any atom is 0.225 e. The van der Waals surface area contributed by atoms with Crippen molar-refractivity contribution >= 4 is 32.9 Å². The van der Waals surface area contributed by atoms with Crippen LogP contribution >= 0.6 is 0 Å². The van der Waals surface area contributed by atoms with Crippen LogP contribution in [-0.4, -0.2) is 62.2 Å². The Morgan fingerprint density at radius 3 is 2.37 bits per heavy atom. The van der Waals surface area contributed by atoms with Crippen LogP contribution in [0, 0.1) is 18.8 Å². The Bertz CT molecular complexity index is 1570. The van der Waals surface area contributed by atoms with Crippen LogP contribution in [-0.2, 0) is 21.9 Å². The van der Waals surface area contributed by atoms with Crippen LogP contribution in [0.3, 0.4) is 0 Å². The second-order valence-corrected chi connectivity index (χ2v) is 12.0. The summed E-state index contributed by atoms with van der Waals surface area (Å²) in [6.07, 6.45) is 10.9. The number of aryl methyl sites for hydroxylation is 2. The van der Waals surface area contributed by atoms with Gasteiger partial charge in [-0.25, -0.2) is 33.3 Å². The number of piperidine rings is 1. The predicted molar refractivity (Wildman–Crippen MR) is 144 cm³/mol. The number of anilines is 3. The van der Waals surface area contributed by atoms with Gasteiger partial charge in [0.15, 0.2) is 26.3 Å². The summed E-state index contributed by atoms with van der Waals surface area (Å²) in [6.45, 7) is 9.04. The maximum absolute atomic E-state index is 12.1. The largest absolute Gasteiger partial charge is 0.383 e. The molecule has 11 nitrogen and oxygen atoms in total. The molecule has 0 aliphatic carbocycles. The molecule has 1 fully saturated rings. The molecular formula is C26H32N8O3S. The Morgan fingerprint density at radius 2 is 1.76 bits per heavy atom. The molecular weight excluding hydrogens is 504 g/mol. The maximum atomic E-state index is 12.1. The number of rotatable bonds is 6. The van der Waals surface area contributed by atoms with Gasteiger partial charge in [-0.2, -0.15) is 0 Å². The molecule has 5 heterocycles. The molecule has 12 heteroatoms. The normalized spacial score (nSPS) is 22.1. The molecule has 0 amide bonds. The van der Waals surface area contributed by atoms with Gasteiger partial charge in [0.05, 0.1) is 23.3 Å². The smallest absolute Gasteiger partial charge is 0.225 e. The molecule has 4 aromatic heterocycles. The van der Waals surface area contributed by atoms with Gasteiger partial charge in [-0.3, -0.25) is 4.40 Å². The topological polar surface area (TPSA) is 138 Å². The monoisotopic (exact) mass is 536 g/mol. The molecule has 38 heavy (non-hydrogen) atoms. The van der Waals surface area contributed by atoms with E-state index in [4.69, 9.17) is 0 Å². The third kappa shape index (κ3) is 4.47. The number of hydrogen-bond acceptors (Lipinski definition) is 10. The molecule has 2 N–H and O–H groups in total. The fourth-order valence-electron chi connectivity index (χ4n) is 5.17. The molecule has 0 saturated carbocycles. The minimum Gasteiger partial charge on any atom is -0.383 e. The van der Waals surface area contributed by atoms with Crippen molar-refractivity contribution in [2.24, 2.45) is 11.8 Å². The van der Waals surface area contributed by atoms with E-state index >= 15 is 0 Å². The third-order valence-corrected chi connectivity index (χ3v) is 8.39. The number of pyridine rings is 1.